The summed E-state index contributed by atoms with van der Waals surface area (Å²) in [6.07, 6.45) is -1.04. The number of hydrogen-bond donors (Lipinski definition) is 1. The van der Waals surface area contributed by atoms with Gasteiger partial charge in [-0.25, -0.2) is 4.39 Å². The molecule has 0 saturated heterocycles. The zero-order valence-corrected chi connectivity index (χ0v) is 14.7. The molecular formula is C14H10Br3FO. The fourth-order valence-corrected chi connectivity index (χ4v) is 3.39. The molecular weight excluding hydrogens is 443 g/mol. The predicted octanol–water partition coefficient (Wildman–Crippen LogP) is 5.50. The van der Waals surface area contributed by atoms with Gasteiger partial charge in [-0.3, -0.25) is 0 Å². The summed E-state index contributed by atoms with van der Waals surface area (Å²) in [7, 11) is 0. The smallest absolute Gasteiger partial charge is 0.130 e. The lowest BCUT2D eigenvalue weighted by atomic mass is 10.00. The molecule has 0 bridgehead atoms. The van der Waals surface area contributed by atoms with Crippen LogP contribution in [0.4, 0.5) is 4.39 Å². The third-order valence-electron chi connectivity index (χ3n) is 2.85. The zero-order chi connectivity index (χ0) is 14.2. The van der Waals surface area contributed by atoms with Crippen LogP contribution < -0.4 is 0 Å². The van der Waals surface area contributed by atoms with Crippen molar-refractivity contribution in [2.75, 3.05) is 0 Å². The topological polar surface area (TPSA) is 20.2 Å². The SMILES string of the molecule is Cc1cc(Br)c(C(O)c2c(F)cccc2Br)cc1Br. The molecule has 0 aliphatic rings. The van der Waals surface area contributed by atoms with Crippen molar-refractivity contribution < 1.29 is 9.50 Å². The minimum absolute atomic E-state index is 0.235. The molecule has 0 saturated carbocycles. The molecule has 1 nitrogen and oxygen atoms in total. The zero-order valence-electron chi connectivity index (χ0n) is 9.92. The van der Waals surface area contributed by atoms with Crippen LogP contribution in [0.2, 0.25) is 0 Å². The van der Waals surface area contributed by atoms with Gasteiger partial charge in [0, 0.05) is 24.5 Å². The van der Waals surface area contributed by atoms with Crippen LogP contribution in [0.15, 0.2) is 43.7 Å². The lowest BCUT2D eigenvalue weighted by Gasteiger charge is -2.17. The number of aliphatic hydroxyl groups excluding tert-OH is 1. The van der Waals surface area contributed by atoms with Crippen LogP contribution in [0.3, 0.4) is 0 Å². The highest BCUT2D eigenvalue weighted by Gasteiger charge is 2.21. The second-order valence-electron chi connectivity index (χ2n) is 4.16. The first-order chi connectivity index (χ1) is 8.91. The molecule has 19 heavy (non-hydrogen) atoms. The summed E-state index contributed by atoms with van der Waals surface area (Å²) in [5.41, 5.74) is 1.89. The summed E-state index contributed by atoms with van der Waals surface area (Å²) in [6, 6.07) is 8.31. The molecule has 0 aromatic heterocycles. The maximum Gasteiger partial charge on any atom is 0.130 e. The van der Waals surface area contributed by atoms with Crippen molar-refractivity contribution in [2.24, 2.45) is 0 Å². The second-order valence-corrected chi connectivity index (χ2v) is 6.72. The fourth-order valence-electron chi connectivity index (χ4n) is 1.80. The molecule has 0 fully saturated rings. The lowest BCUT2D eigenvalue weighted by Crippen LogP contribution is -2.05. The van der Waals surface area contributed by atoms with E-state index in [1.54, 1.807) is 18.2 Å². The van der Waals surface area contributed by atoms with Crippen molar-refractivity contribution >= 4 is 47.8 Å². The Morgan fingerprint density at radius 1 is 1.05 bits per heavy atom. The molecule has 0 heterocycles. The minimum atomic E-state index is -1.04. The van der Waals surface area contributed by atoms with Gasteiger partial charge in [-0.1, -0.05) is 53.9 Å². The summed E-state index contributed by atoms with van der Waals surface area (Å²) in [6.45, 7) is 1.95. The van der Waals surface area contributed by atoms with Gasteiger partial charge in [0.25, 0.3) is 0 Å². The van der Waals surface area contributed by atoms with E-state index in [1.807, 2.05) is 13.0 Å². The first-order valence-corrected chi connectivity index (χ1v) is 7.87. The third kappa shape index (κ3) is 3.10. The van der Waals surface area contributed by atoms with E-state index >= 15 is 0 Å². The Bertz CT molecular complexity index is 608. The van der Waals surface area contributed by atoms with Crippen molar-refractivity contribution in [1.82, 2.24) is 0 Å². The highest BCUT2D eigenvalue weighted by molar-refractivity contribution is 9.11. The molecule has 0 radical (unpaired) electrons. The molecule has 1 atom stereocenters. The van der Waals surface area contributed by atoms with Crippen molar-refractivity contribution in [1.29, 1.82) is 0 Å². The molecule has 2 rings (SSSR count). The average Bonchev–Trinajstić information content (AvgIpc) is 2.33. The van der Waals surface area contributed by atoms with E-state index in [1.165, 1.54) is 6.07 Å². The van der Waals surface area contributed by atoms with Crippen LogP contribution in [0.1, 0.15) is 22.8 Å². The second kappa shape index (κ2) is 6.04. The van der Waals surface area contributed by atoms with Gasteiger partial charge in [-0.05, 0) is 36.8 Å². The van der Waals surface area contributed by atoms with E-state index in [2.05, 4.69) is 47.8 Å². The van der Waals surface area contributed by atoms with Crippen LogP contribution in [0.25, 0.3) is 0 Å². The number of aryl methyl sites for hydroxylation is 1. The van der Waals surface area contributed by atoms with Gasteiger partial charge in [0.15, 0.2) is 0 Å². The molecule has 0 aliphatic carbocycles. The van der Waals surface area contributed by atoms with E-state index in [0.717, 1.165) is 14.5 Å². The van der Waals surface area contributed by atoms with Crippen molar-refractivity contribution in [3.05, 3.63) is 66.3 Å². The summed E-state index contributed by atoms with van der Waals surface area (Å²) >= 11 is 10.1. The van der Waals surface area contributed by atoms with Crippen LogP contribution in [-0.2, 0) is 0 Å². The largest absolute Gasteiger partial charge is 0.383 e. The Labute approximate surface area is 136 Å². The predicted molar refractivity (Wildman–Crippen MR) is 84.7 cm³/mol. The summed E-state index contributed by atoms with van der Waals surface area (Å²) < 4.78 is 16.0. The summed E-state index contributed by atoms with van der Waals surface area (Å²) in [4.78, 5) is 0. The van der Waals surface area contributed by atoms with Crippen molar-refractivity contribution in [3.63, 3.8) is 0 Å². The van der Waals surface area contributed by atoms with Gasteiger partial charge in [0.2, 0.25) is 0 Å². The molecule has 0 aliphatic heterocycles. The molecule has 1 N–H and O–H groups in total. The summed E-state index contributed by atoms with van der Waals surface area (Å²) in [5, 5.41) is 10.4. The van der Waals surface area contributed by atoms with E-state index in [4.69, 9.17) is 0 Å². The van der Waals surface area contributed by atoms with E-state index in [9.17, 15) is 9.50 Å². The molecule has 100 valence electrons. The monoisotopic (exact) mass is 450 g/mol. The lowest BCUT2D eigenvalue weighted by molar-refractivity contribution is 0.213. The first-order valence-electron chi connectivity index (χ1n) is 5.49. The molecule has 2 aromatic carbocycles. The van der Waals surface area contributed by atoms with Crippen LogP contribution >= 0.6 is 47.8 Å². The Hall–Kier alpha value is -0.230. The van der Waals surface area contributed by atoms with Crippen LogP contribution in [0, 0.1) is 12.7 Å². The Morgan fingerprint density at radius 3 is 2.37 bits per heavy atom. The van der Waals surface area contributed by atoms with E-state index < -0.39 is 11.9 Å². The average molecular weight is 453 g/mol. The first kappa shape index (κ1) is 15.2. The fraction of sp³-hybridized carbons (Fsp3) is 0.143. The minimum Gasteiger partial charge on any atom is -0.383 e. The van der Waals surface area contributed by atoms with Crippen molar-refractivity contribution in [2.45, 2.75) is 13.0 Å². The van der Waals surface area contributed by atoms with Gasteiger partial charge in [0.05, 0.1) is 0 Å². The number of halogens is 4. The van der Waals surface area contributed by atoms with Gasteiger partial charge in [-0.2, -0.15) is 0 Å². The van der Waals surface area contributed by atoms with E-state index in [0.29, 0.717) is 10.0 Å². The Kier molecular flexibility index (Phi) is 4.82. The maximum atomic E-state index is 13.9. The number of hydrogen-bond acceptors (Lipinski definition) is 1. The molecule has 5 heteroatoms. The van der Waals surface area contributed by atoms with Gasteiger partial charge >= 0.3 is 0 Å². The molecule has 1 unspecified atom stereocenters. The molecule has 0 amide bonds. The van der Waals surface area contributed by atoms with E-state index in [-0.39, 0.29) is 5.56 Å². The quantitative estimate of drug-likeness (QED) is 0.637. The maximum absolute atomic E-state index is 13.9. The van der Waals surface area contributed by atoms with Crippen molar-refractivity contribution in [3.8, 4) is 0 Å². The van der Waals surface area contributed by atoms with Gasteiger partial charge < -0.3 is 5.11 Å². The highest BCUT2D eigenvalue weighted by Crippen LogP contribution is 2.36. The Morgan fingerprint density at radius 2 is 1.74 bits per heavy atom. The number of benzene rings is 2. The normalized spacial score (nSPS) is 12.5. The number of aliphatic hydroxyl groups is 1. The van der Waals surface area contributed by atoms with Gasteiger partial charge in [0.1, 0.15) is 11.9 Å². The van der Waals surface area contributed by atoms with Crippen LogP contribution in [-0.4, -0.2) is 5.11 Å². The standard InChI is InChI=1S/C14H10Br3FO/c1-7-5-11(17)8(6-10(7)16)14(19)13-9(15)3-2-4-12(13)18/h2-6,14,19H,1H3. The molecule has 0 spiro atoms. The Balaban J connectivity index is 2.56. The number of rotatable bonds is 2. The third-order valence-corrected chi connectivity index (χ3v) is 5.08. The highest BCUT2D eigenvalue weighted by atomic mass is 79.9. The molecule has 2 aromatic rings. The van der Waals surface area contributed by atoms with Crippen LogP contribution in [0.5, 0.6) is 0 Å². The summed E-state index contributed by atoms with van der Waals surface area (Å²) in [5.74, 6) is -0.439. The van der Waals surface area contributed by atoms with Gasteiger partial charge in [-0.15, -0.1) is 0 Å².